The van der Waals surface area contributed by atoms with Crippen LogP contribution >= 0.6 is 23.2 Å². The van der Waals surface area contributed by atoms with E-state index in [-0.39, 0.29) is 35.8 Å². The van der Waals surface area contributed by atoms with Crippen LogP contribution in [0, 0.1) is 11.3 Å². The monoisotopic (exact) mass is 751 g/mol. The molecule has 0 radical (unpaired) electrons. The minimum absolute atomic E-state index is 0.0698. The second-order valence-electron chi connectivity index (χ2n) is 14.4. The molecular formula is C38H35Cl2N9O4. The van der Waals surface area contributed by atoms with Crippen molar-refractivity contribution in [2.75, 3.05) is 31.1 Å². The third-order valence-corrected chi connectivity index (χ3v) is 11.1. The number of carbonyl (C=O) groups excluding carboxylic acids is 4. The molecule has 15 heteroatoms. The largest absolute Gasteiger partial charge is 0.343 e. The van der Waals surface area contributed by atoms with Crippen molar-refractivity contribution >= 4 is 58.5 Å². The summed E-state index contributed by atoms with van der Waals surface area (Å²) < 4.78 is 1.60. The first-order chi connectivity index (χ1) is 25.4. The maximum atomic E-state index is 14.4. The Morgan fingerprint density at radius 1 is 0.925 bits per heavy atom. The molecule has 270 valence electrons. The fourth-order valence-corrected chi connectivity index (χ4v) is 7.82. The number of benzene rings is 2. The number of pyridine rings is 1. The van der Waals surface area contributed by atoms with Gasteiger partial charge in [-0.1, -0.05) is 35.3 Å². The summed E-state index contributed by atoms with van der Waals surface area (Å²) in [6, 6.07) is 17.3. The molecule has 2 aromatic heterocycles. The second-order valence-corrected chi connectivity index (χ2v) is 15.2. The summed E-state index contributed by atoms with van der Waals surface area (Å²) in [5, 5.41) is 19.3. The Kier molecular flexibility index (Phi) is 8.52. The van der Waals surface area contributed by atoms with Crippen LogP contribution in [0.5, 0.6) is 0 Å². The highest BCUT2D eigenvalue weighted by Crippen LogP contribution is 2.47. The molecule has 13 nitrogen and oxygen atoms in total. The zero-order valence-electron chi connectivity index (χ0n) is 28.8. The lowest BCUT2D eigenvalue weighted by molar-refractivity contribution is -0.125. The number of piperazine rings is 1. The van der Waals surface area contributed by atoms with Gasteiger partial charge >= 0.3 is 0 Å². The van der Waals surface area contributed by atoms with Crippen molar-refractivity contribution in [2.24, 2.45) is 0 Å². The lowest BCUT2D eigenvalue weighted by Crippen LogP contribution is -2.52. The molecule has 3 fully saturated rings. The predicted octanol–water partition coefficient (Wildman–Crippen LogP) is 4.21. The molecule has 2 aromatic carbocycles. The van der Waals surface area contributed by atoms with E-state index in [4.69, 9.17) is 23.2 Å². The molecule has 0 bridgehead atoms. The van der Waals surface area contributed by atoms with Gasteiger partial charge in [-0.3, -0.25) is 28.7 Å². The van der Waals surface area contributed by atoms with Crippen LogP contribution in [0.15, 0.2) is 67.0 Å². The summed E-state index contributed by atoms with van der Waals surface area (Å²) in [6.07, 6.45) is 5.36. The number of aromatic nitrogens is 3. The quantitative estimate of drug-likeness (QED) is 0.229. The molecule has 3 N–H and O–H groups in total. The Balaban J connectivity index is 1.04. The lowest BCUT2D eigenvalue weighted by Gasteiger charge is -2.28. The Morgan fingerprint density at radius 2 is 1.62 bits per heavy atom. The molecule has 4 aromatic rings. The van der Waals surface area contributed by atoms with E-state index in [2.05, 4.69) is 32.0 Å². The number of fused-ring (bicyclic) bond motifs is 1. The van der Waals surface area contributed by atoms with Crippen LogP contribution in [0.2, 0.25) is 10.0 Å². The number of nitrogens with one attached hydrogen (secondary N) is 3. The van der Waals surface area contributed by atoms with Crippen molar-refractivity contribution in [3.05, 3.63) is 105 Å². The van der Waals surface area contributed by atoms with Gasteiger partial charge in [0.2, 0.25) is 11.9 Å². The van der Waals surface area contributed by atoms with Crippen LogP contribution in [0.4, 0.5) is 11.6 Å². The molecule has 8 rings (SSSR count). The summed E-state index contributed by atoms with van der Waals surface area (Å²) in [7, 11) is 0. The van der Waals surface area contributed by atoms with Gasteiger partial charge in [0.05, 0.1) is 40.3 Å². The van der Waals surface area contributed by atoms with E-state index in [1.807, 2.05) is 0 Å². The third kappa shape index (κ3) is 6.20. The summed E-state index contributed by atoms with van der Waals surface area (Å²) in [4.78, 5) is 67.8. The van der Waals surface area contributed by atoms with Gasteiger partial charge in [-0.2, -0.15) is 5.26 Å². The number of hydrogen-bond acceptors (Lipinski definition) is 8. The average Bonchev–Trinajstić information content (AvgIpc) is 4.06. The number of halogens is 2. The van der Waals surface area contributed by atoms with E-state index in [1.165, 1.54) is 11.1 Å². The molecule has 4 aliphatic rings. The van der Waals surface area contributed by atoms with Crippen molar-refractivity contribution in [3.63, 3.8) is 0 Å². The van der Waals surface area contributed by atoms with E-state index in [9.17, 15) is 24.4 Å². The topological polar surface area (TPSA) is 165 Å². The van der Waals surface area contributed by atoms with Crippen LogP contribution in [-0.4, -0.2) is 74.8 Å². The van der Waals surface area contributed by atoms with Gasteiger partial charge in [-0.15, -0.1) is 0 Å². The van der Waals surface area contributed by atoms with Gasteiger partial charge < -0.3 is 20.9 Å². The van der Waals surface area contributed by atoms with Crippen molar-refractivity contribution in [3.8, 4) is 6.07 Å². The number of rotatable bonds is 9. The number of anilines is 2. The Morgan fingerprint density at radius 3 is 2.23 bits per heavy atom. The van der Waals surface area contributed by atoms with E-state index < -0.39 is 22.5 Å². The number of carbonyl (C=O) groups is 4. The van der Waals surface area contributed by atoms with Crippen LogP contribution in [0.3, 0.4) is 0 Å². The first kappa shape index (κ1) is 34.8. The van der Waals surface area contributed by atoms with Crippen molar-refractivity contribution in [1.29, 1.82) is 5.26 Å². The van der Waals surface area contributed by atoms with Crippen LogP contribution < -0.4 is 20.9 Å². The van der Waals surface area contributed by atoms with E-state index in [1.54, 1.807) is 77.2 Å². The lowest BCUT2D eigenvalue weighted by atomic mass is 9.91. The maximum Gasteiger partial charge on any atom is 0.270 e. The normalized spacial score (nSPS) is 20.7. The minimum atomic E-state index is -1.33. The molecule has 0 spiro atoms. The van der Waals surface area contributed by atoms with Gasteiger partial charge in [0.15, 0.2) is 0 Å². The van der Waals surface area contributed by atoms with Gasteiger partial charge in [0.1, 0.15) is 16.8 Å². The van der Waals surface area contributed by atoms with Gasteiger partial charge in [0, 0.05) is 48.8 Å². The number of nitrogens with zero attached hydrogens (tertiary/aromatic N) is 6. The minimum Gasteiger partial charge on any atom is -0.343 e. The molecule has 1 saturated heterocycles. The zero-order valence-corrected chi connectivity index (χ0v) is 30.3. The first-order valence-electron chi connectivity index (χ1n) is 17.4. The van der Waals surface area contributed by atoms with Gasteiger partial charge in [-0.25, -0.2) is 9.88 Å². The van der Waals surface area contributed by atoms with Gasteiger partial charge in [0.25, 0.3) is 17.7 Å². The van der Waals surface area contributed by atoms with E-state index in [0.29, 0.717) is 71.3 Å². The van der Waals surface area contributed by atoms with E-state index >= 15 is 0 Å². The first-order valence-corrected chi connectivity index (χ1v) is 18.2. The van der Waals surface area contributed by atoms with Crippen molar-refractivity contribution in [2.45, 2.75) is 55.6 Å². The fourth-order valence-electron chi connectivity index (χ4n) is 7.30. The fraction of sp³-hybridized carbons (Fsp3) is 0.342. The number of nitriles is 1. The molecule has 2 aliphatic carbocycles. The maximum absolute atomic E-state index is 14.4. The zero-order chi connectivity index (χ0) is 37.1. The van der Waals surface area contributed by atoms with Crippen molar-refractivity contribution in [1.82, 2.24) is 35.4 Å². The molecule has 1 atom stereocenters. The molecule has 0 unspecified atom stereocenters. The smallest absolute Gasteiger partial charge is 0.270 e. The highest BCUT2D eigenvalue weighted by atomic mass is 35.5. The van der Waals surface area contributed by atoms with Crippen LogP contribution in [0.1, 0.15) is 70.3 Å². The average molecular weight is 753 g/mol. The van der Waals surface area contributed by atoms with Gasteiger partial charge in [-0.05, 0) is 80.6 Å². The van der Waals surface area contributed by atoms with Crippen LogP contribution in [0.25, 0.3) is 0 Å². The van der Waals surface area contributed by atoms with E-state index in [0.717, 1.165) is 18.7 Å². The number of imidazole rings is 1. The number of hydrogen-bond donors (Lipinski definition) is 3. The highest BCUT2D eigenvalue weighted by Gasteiger charge is 2.57. The third-order valence-electron chi connectivity index (χ3n) is 10.6. The highest BCUT2D eigenvalue weighted by molar-refractivity contribution is 6.35. The molecular weight excluding hydrogens is 717 g/mol. The SMILES string of the molecule is C[C@@]1(Cc2ccc(C#N)cc2)C(=O)N(c2cc(Cl)cc(Cl)c2)c2ncc(C(=O)NC3(C(=O)NC4(c5ccc(C(=O)N6CCNCC6)cn5)CC4)CC3)n21. The molecule has 53 heavy (non-hydrogen) atoms. The molecule has 4 heterocycles. The molecule has 2 saturated carbocycles. The standard InChI is InChI=1S/C38H35Cl2N9O4/c1-36(19-23-2-4-24(20-41)5-3-23)34(53)48(28-17-26(39)16-27(40)18-28)35-44-22-29(49(35)36)31(50)45-38(10-11-38)33(52)46-37(8-9-37)30-7-6-25(21-43-30)32(51)47-14-12-42-13-15-47/h2-7,16-18,21-22,42H,8-15,19H2,1H3,(H,45,50)(H,46,52)/t36-/m1/s1. The summed E-state index contributed by atoms with van der Waals surface area (Å²) in [5.74, 6) is -1.11. The predicted molar refractivity (Wildman–Crippen MR) is 196 cm³/mol. The Labute approximate surface area is 315 Å². The van der Waals surface area contributed by atoms with Crippen molar-refractivity contribution < 1.29 is 19.2 Å². The summed E-state index contributed by atoms with van der Waals surface area (Å²) in [5.41, 5.74) is -0.273. The molecule has 2 aliphatic heterocycles. The molecule has 4 amide bonds. The number of amides is 4. The summed E-state index contributed by atoms with van der Waals surface area (Å²) >= 11 is 12.7. The Bertz CT molecular complexity index is 2180. The second kappa shape index (κ2) is 13.0. The Hall–Kier alpha value is -5.29. The summed E-state index contributed by atoms with van der Waals surface area (Å²) in [6.45, 7) is 4.51. The van der Waals surface area contributed by atoms with Crippen LogP contribution in [-0.2, 0) is 27.1 Å².